The molecule has 1 heterocycles. The van der Waals surface area contributed by atoms with Crippen LogP contribution in [0.5, 0.6) is 0 Å². The Balaban J connectivity index is 1.91. The summed E-state index contributed by atoms with van der Waals surface area (Å²) in [6.45, 7) is 8.20. The first-order valence-corrected chi connectivity index (χ1v) is 6.16. The molecule has 3 nitrogen and oxygen atoms in total. The molecule has 0 amide bonds. The standard InChI is InChI=1S/C12H23N3/c1-2-15-9-6-12(11-15)10-14-8-5-3-4-7-13/h12,14H,2-6,8-11H2,1H3. The van der Waals surface area contributed by atoms with Crippen LogP contribution in [0.2, 0.25) is 0 Å². The van der Waals surface area contributed by atoms with Crippen LogP contribution >= 0.6 is 0 Å². The Labute approximate surface area is 93.5 Å². The van der Waals surface area contributed by atoms with Gasteiger partial charge in [0.15, 0.2) is 0 Å². The molecule has 15 heavy (non-hydrogen) atoms. The molecular weight excluding hydrogens is 186 g/mol. The van der Waals surface area contributed by atoms with Crippen molar-refractivity contribution < 1.29 is 0 Å². The first-order valence-electron chi connectivity index (χ1n) is 6.16. The van der Waals surface area contributed by atoms with Crippen molar-refractivity contribution in [3.63, 3.8) is 0 Å². The molecule has 0 saturated carbocycles. The second kappa shape index (κ2) is 7.67. The van der Waals surface area contributed by atoms with Crippen molar-refractivity contribution in [2.45, 2.75) is 32.6 Å². The van der Waals surface area contributed by atoms with Gasteiger partial charge in [-0.25, -0.2) is 0 Å². The Bertz CT molecular complexity index is 198. The van der Waals surface area contributed by atoms with E-state index in [-0.39, 0.29) is 0 Å². The quantitative estimate of drug-likeness (QED) is 0.647. The van der Waals surface area contributed by atoms with E-state index >= 15 is 0 Å². The molecule has 0 aromatic rings. The van der Waals surface area contributed by atoms with Gasteiger partial charge in [-0.3, -0.25) is 0 Å². The highest BCUT2D eigenvalue weighted by Gasteiger charge is 2.19. The number of nitrogens with one attached hydrogen (secondary N) is 1. The van der Waals surface area contributed by atoms with E-state index < -0.39 is 0 Å². The molecule has 1 atom stereocenters. The molecule has 3 heteroatoms. The average molecular weight is 209 g/mol. The number of hydrogen-bond acceptors (Lipinski definition) is 3. The molecule has 1 unspecified atom stereocenters. The fourth-order valence-corrected chi connectivity index (χ4v) is 2.13. The molecule has 1 aliphatic heterocycles. The van der Waals surface area contributed by atoms with Crippen molar-refractivity contribution >= 4 is 0 Å². The van der Waals surface area contributed by atoms with Crippen molar-refractivity contribution in [3.05, 3.63) is 0 Å². The number of hydrogen-bond donors (Lipinski definition) is 1. The maximum Gasteiger partial charge on any atom is 0.0621 e. The van der Waals surface area contributed by atoms with Crippen molar-refractivity contribution in [1.82, 2.24) is 10.2 Å². The monoisotopic (exact) mass is 209 g/mol. The molecule has 1 rings (SSSR count). The van der Waals surface area contributed by atoms with Gasteiger partial charge in [0.25, 0.3) is 0 Å². The van der Waals surface area contributed by atoms with E-state index in [0.29, 0.717) is 6.42 Å². The molecule has 0 aromatic carbocycles. The molecule has 0 aromatic heterocycles. The lowest BCUT2D eigenvalue weighted by Crippen LogP contribution is -2.27. The fourth-order valence-electron chi connectivity index (χ4n) is 2.13. The van der Waals surface area contributed by atoms with Crippen LogP contribution in [0.1, 0.15) is 32.6 Å². The van der Waals surface area contributed by atoms with E-state index in [0.717, 1.165) is 31.8 Å². The molecule has 0 radical (unpaired) electrons. The summed E-state index contributed by atoms with van der Waals surface area (Å²) in [7, 11) is 0. The van der Waals surface area contributed by atoms with Gasteiger partial charge in [0.1, 0.15) is 0 Å². The van der Waals surface area contributed by atoms with E-state index in [9.17, 15) is 0 Å². The van der Waals surface area contributed by atoms with Crippen molar-refractivity contribution in [2.75, 3.05) is 32.7 Å². The Kier molecular flexibility index (Phi) is 6.38. The van der Waals surface area contributed by atoms with Gasteiger partial charge in [-0.2, -0.15) is 5.26 Å². The van der Waals surface area contributed by atoms with E-state index in [4.69, 9.17) is 5.26 Å². The lowest BCUT2D eigenvalue weighted by molar-refractivity contribution is 0.339. The van der Waals surface area contributed by atoms with Crippen LogP contribution in [-0.4, -0.2) is 37.6 Å². The smallest absolute Gasteiger partial charge is 0.0621 e. The lowest BCUT2D eigenvalue weighted by Gasteiger charge is -2.13. The Morgan fingerprint density at radius 1 is 1.47 bits per heavy atom. The summed E-state index contributed by atoms with van der Waals surface area (Å²) in [6, 6.07) is 2.18. The van der Waals surface area contributed by atoms with E-state index in [1.807, 2.05) is 0 Å². The van der Waals surface area contributed by atoms with Gasteiger partial charge in [0, 0.05) is 13.0 Å². The first kappa shape index (κ1) is 12.5. The van der Waals surface area contributed by atoms with E-state index in [2.05, 4.69) is 23.2 Å². The highest BCUT2D eigenvalue weighted by Crippen LogP contribution is 2.14. The predicted octanol–water partition coefficient (Wildman–Crippen LogP) is 1.61. The lowest BCUT2D eigenvalue weighted by atomic mass is 10.1. The van der Waals surface area contributed by atoms with Gasteiger partial charge in [-0.1, -0.05) is 6.92 Å². The first-order chi connectivity index (χ1) is 7.36. The van der Waals surface area contributed by atoms with Crippen LogP contribution in [0.15, 0.2) is 0 Å². The number of rotatable bonds is 7. The predicted molar refractivity (Wildman–Crippen MR) is 62.6 cm³/mol. The minimum atomic E-state index is 0.703. The molecule has 1 fully saturated rings. The number of likely N-dealkylation sites (tertiary alicyclic amines) is 1. The van der Waals surface area contributed by atoms with Gasteiger partial charge in [0.2, 0.25) is 0 Å². The van der Waals surface area contributed by atoms with E-state index in [1.54, 1.807) is 0 Å². The molecule has 0 aliphatic carbocycles. The van der Waals surface area contributed by atoms with Crippen LogP contribution in [0.25, 0.3) is 0 Å². The maximum absolute atomic E-state index is 8.38. The summed E-state index contributed by atoms with van der Waals surface area (Å²) in [5, 5.41) is 11.9. The Morgan fingerprint density at radius 2 is 2.33 bits per heavy atom. The molecule has 0 bridgehead atoms. The number of nitrogens with zero attached hydrogens (tertiary/aromatic N) is 2. The van der Waals surface area contributed by atoms with Crippen molar-refractivity contribution in [1.29, 1.82) is 5.26 Å². The third kappa shape index (κ3) is 5.15. The zero-order valence-corrected chi connectivity index (χ0v) is 9.84. The Morgan fingerprint density at radius 3 is 3.00 bits per heavy atom. The van der Waals surface area contributed by atoms with Crippen molar-refractivity contribution in [3.8, 4) is 6.07 Å². The zero-order chi connectivity index (χ0) is 10.9. The summed E-state index contributed by atoms with van der Waals surface area (Å²) < 4.78 is 0. The van der Waals surface area contributed by atoms with Gasteiger partial charge in [-0.15, -0.1) is 0 Å². The van der Waals surface area contributed by atoms with Crippen LogP contribution < -0.4 is 5.32 Å². The zero-order valence-electron chi connectivity index (χ0n) is 9.84. The van der Waals surface area contributed by atoms with Crippen molar-refractivity contribution in [2.24, 2.45) is 5.92 Å². The SMILES string of the molecule is CCN1CCC(CNCCCCC#N)C1. The summed E-state index contributed by atoms with van der Waals surface area (Å²) in [4.78, 5) is 2.52. The summed E-state index contributed by atoms with van der Waals surface area (Å²) in [6.07, 6.45) is 4.22. The van der Waals surface area contributed by atoms with E-state index in [1.165, 1.54) is 26.1 Å². The summed E-state index contributed by atoms with van der Waals surface area (Å²) in [5.74, 6) is 0.848. The normalized spacial score (nSPS) is 21.7. The van der Waals surface area contributed by atoms with Gasteiger partial charge in [-0.05, 0) is 51.4 Å². The number of unbranched alkanes of at least 4 members (excludes halogenated alkanes) is 2. The largest absolute Gasteiger partial charge is 0.316 e. The fraction of sp³-hybridized carbons (Fsp3) is 0.917. The van der Waals surface area contributed by atoms with Crippen LogP contribution in [-0.2, 0) is 0 Å². The number of nitriles is 1. The minimum absolute atomic E-state index is 0.703. The Hall–Kier alpha value is -0.590. The van der Waals surface area contributed by atoms with Crippen LogP contribution in [0.4, 0.5) is 0 Å². The third-order valence-corrected chi connectivity index (χ3v) is 3.14. The minimum Gasteiger partial charge on any atom is -0.316 e. The second-order valence-corrected chi connectivity index (χ2v) is 4.37. The molecule has 1 aliphatic rings. The molecule has 1 saturated heterocycles. The highest BCUT2D eigenvalue weighted by molar-refractivity contribution is 4.76. The van der Waals surface area contributed by atoms with Gasteiger partial charge < -0.3 is 10.2 Å². The van der Waals surface area contributed by atoms with Gasteiger partial charge in [0.05, 0.1) is 6.07 Å². The van der Waals surface area contributed by atoms with Gasteiger partial charge >= 0.3 is 0 Å². The summed E-state index contributed by atoms with van der Waals surface area (Å²) in [5.41, 5.74) is 0. The molecule has 86 valence electrons. The average Bonchev–Trinajstić information content (AvgIpc) is 2.71. The molecule has 0 spiro atoms. The topological polar surface area (TPSA) is 39.1 Å². The second-order valence-electron chi connectivity index (χ2n) is 4.37. The van der Waals surface area contributed by atoms with Crippen LogP contribution in [0.3, 0.4) is 0 Å². The molecular formula is C12H23N3. The van der Waals surface area contributed by atoms with Crippen LogP contribution in [0, 0.1) is 17.2 Å². The third-order valence-electron chi connectivity index (χ3n) is 3.14. The summed E-state index contributed by atoms with van der Waals surface area (Å²) >= 11 is 0. The maximum atomic E-state index is 8.38. The molecule has 1 N–H and O–H groups in total. The highest BCUT2D eigenvalue weighted by atomic mass is 15.1.